The number of hydrogen-bond acceptors (Lipinski definition) is 4. The van der Waals surface area contributed by atoms with E-state index in [9.17, 15) is 22.4 Å². The molecule has 0 saturated carbocycles. The van der Waals surface area contributed by atoms with Gasteiger partial charge in [-0.25, -0.2) is 12.8 Å². The van der Waals surface area contributed by atoms with E-state index in [1.807, 2.05) is 19.9 Å². The molecule has 32 heavy (non-hydrogen) atoms. The van der Waals surface area contributed by atoms with Crippen LogP contribution in [0, 0.1) is 19.7 Å². The highest BCUT2D eigenvalue weighted by atomic mass is 32.2. The quantitative estimate of drug-likeness (QED) is 0.646. The molecule has 3 rings (SSSR count). The van der Waals surface area contributed by atoms with Gasteiger partial charge in [-0.05, 0) is 80.6 Å². The van der Waals surface area contributed by atoms with Gasteiger partial charge in [0, 0.05) is 24.8 Å². The van der Waals surface area contributed by atoms with Crippen LogP contribution in [-0.4, -0.2) is 43.7 Å². The van der Waals surface area contributed by atoms with Gasteiger partial charge in [0.2, 0.25) is 10.0 Å². The van der Waals surface area contributed by atoms with E-state index in [0.717, 1.165) is 36.1 Å². The lowest BCUT2D eigenvalue weighted by Crippen LogP contribution is -2.45. The van der Waals surface area contributed by atoms with Gasteiger partial charge in [0.05, 0.1) is 4.90 Å². The van der Waals surface area contributed by atoms with Crippen molar-refractivity contribution < 1.29 is 22.4 Å². The summed E-state index contributed by atoms with van der Waals surface area (Å²) in [5.41, 5.74) is 2.63. The number of sulfonamides is 1. The first-order valence-electron chi connectivity index (χ1n) is 10.6. The number of anilines is 1. The van der Waals surface area contributed by atoms with Crippen molar-refractivity contribution in [2.45, 2.75) is 50.5 Å². The van der Waals surface area contributed by atoms with Crippen molar-refractivity contribution in [3.63, 3.8) is 0 Å². The molecular formula is C23H28FN3O4S. The summed E-state index contributed by atoms with van der Waals surface area (Å²) in [6, 6.07) is 9.85. The SMILES string of the molecule is Cc1ccc(NC(=O)C(=O)NCCC2CCCCN2S(=O)(=O)c2ccc(F)cc2)cc1C. The monoisotopic (exact) mass is 461 g/mol. The Morgan fingerprint density at radius 1 is 1.03 bits per heavy atom. The number of amides is 2. The van der Waals surface area contributed by atoms with Gasteiger partial charge in [-0.2, -0.15) is 4.31 Å². The Morgan fingerprint density at radius 2 is 1.75 bits per heavy atom. The Kier molecular flexibility index (Phi) is 7.63. The Bertz CT molecular complexity index is 1090. The maximum Gasteiger partial charge on any atom is 0.313 e. The largest absolute Gasteiger partial charge is 0.348 e. The minimum Gasteiger partial charge on any atom is -0.348 e. The van der Waals surface area contributed by atoms with Gasteiger partial charge in [0.1, 0.15) is 5.82 Å². The zero-order valence-corrected chi connectivity index (χ0v) is 19.0. The summed E-state index contributed by atoms with van der Waals surface area (Å²) in [5, 5.41) is 5.14. The molecule has 1 aliphatic rings. The number of carbonyl (C=O) groups excluding carboxylic acids is 2. The third-order valence-corrected chi connectivity index (χ3v) is 7.69. The average molecular weight is 462 g/mol. The molecule has 7 nitrogen and oxygen atoms in total. The van der Waals surface area contributed by atoms with Crippen LogP contribution in [0.4, 0.5) is 10.1 Å². The van der Waals surface area contributed by atoms with E-state index in [0.29, 0.717) is 25.1 Å². The summed E-state index contributed by atoms with van der Waals surface area (Å²) < 4.78 is 40.7. The van der Waals surface area contributed by atoms with Gasteiger partial charge in [-0.15, -0.1) is 0 Å². The number of hydrogen-bond donors (Lipinski definition) is 2. The van der Waals surface area contributed by atoms with Gasteiger partial charge < -0.3 is 10.6 Å². The molecule has 0 aromatic heterocycles. The first-order chi connectivity index (χ1) is 15.2. The molecule has 0 bridgehead atoms. The van der Waals surface area contributed by atoms with E-state index in [4.69, 9.17) is 0 Å². The summed E-state index contributed by atoms with van der Waals surface area (Å²) in [7, 11) is -3.77. The molecule has 2 N–H and O–H groups in total. The molecule has 1 fully saturated rings. The average Bonchev–Trinajstić information content (AvgIpc) is 2.76. The van der Waals surface area contributed by atoms with Crippen molar-refractivity contribution in [3.8, 4) is 0 Å². The van der Waals surface area contributed by atoms with Gasteiger partial charge in [0.15, 0.2) is 0 Å². The van der Waals surface area contributed by atoms with Crippen molar-refractivity contribution >= 4 is 27.5 Å². The van der Waals surface area contributed by atoms with Crippen molar-refractivity contribution in [3.05, 3.63) is 59.4 Å². The lowest BCUT2D eigenvalue weighted by molar-refractivity contribution is -0.136. The first kappa shape index (κ1) is 23.9. The highest BCUT2D eigenvalue weighted by molar-refractivity contribution is 7.89. The summed E-state index contributed by atoms with van der Waals surface area (Å²) in [6.07, 6.45) is 2.65. The fourth-order valence-corrected chi connectivity index (χ4v) is 5.48. The number of piperidine rings is 1. The molecule has 0 spiro atoms. The highest BCUT2D eigenvalue weighted by Crippen LogP contribution is 2.27. The third kappa shape index (κ3) is 5.72. The van der Waals surface area contributed by atoms with E-state index in [2.05, 4.69) is 10.6 Å². The van der Waals surface area contributed by atoms with Crippen molar-refractivity contribution in [1.82, 2.24) is 9.62 Å². The van der Waals surface area contributed by atoms with E-state index in [1.165, 1.54) is 16.4 Å². The van der Waals surface area contributed by atoms with Gasteiger partial charge in [-0.1, -0.05) is 12.5 Å². The summed E-state index contributed by atoms with van der Waals surface area (Å²) in [5.74, 6) is -2.04. The lowest BCUT2D eigenvalue weighted by atomic mass is 10.0. The smallest absolute Gasteiger partial charge is 0.313 e. The second-order valence-corrected chi connectivity index (χ2v) is 9.91. The number of nitrogens with one attached hydrogen (secondary N) is 2. The fraction of sp³-hybridized carbons (Fsp3) is 0.391. The van der Waals surface area contributed by atoms with Crippen molar-refractivity contribution in [2.24, 2.45) is 0 Å². The van der Waals surface area contributed by atoms with Crippen molar-refractivity contribution in [2.75, 3.05) is 18.4 Å². The number of rotatable bonds is 6. The van der Waals surface area contributed by atoms with Crippen molar-refractivity contribution in [1.29, 1.82) is 0 Å². The van der Waals surface area contributed by atoms with E-state index in [1.54, 1.807) is 12.1 Å². The molecule has 2 aromatic carbocycles. The van der Waals surface area contributed by atoms with Gasteiger partial charge >= 0.3 is 11.8 Å². The second-order valence-electron chi connectivity index (χ2n) is 8.02. The molecule has 2 aromatic rings. The molecule has 1 heterocycles. The Morgan fingerprint density at radius 3 is 2.44 bits per heavy atom. The topological polar surface area (TPSA) is 95.6 Å². The minimum atomic E-state index is -3.77. The van der Waals surface area contributed by atoms with Crippen LogP contribution in [0.3, 0.4) is 0 Å². The molecule has 1 unspecified atom stereocenters. The summed E-state index contributed by atoms with van der Waals surface area (Å²) in [4.78, 5) is 24.4. The second kappa shape index (κ2) is 10.2. The molecule has 0 aliphatic carbocycles. The first-order valence-corrected chi connectivity index (χ1v) is 12.1. The van der Waals surface area contributed by atoms with E-state index in [-0.39, 0.29) is 17.5 Å². The predicted molar refractivity (Wildman–Crippen MR) is 120 cm³/mol. The zero-order chi connectivity index (χ0) is 23.3. The molecule has 1 atom stereocenters. The van der Waals surface area contributed by atoms with Crippen LogP contribution in [0.2, 0.25) is 0 Å². The normalized spacial score (nSPS) is 17.0. The minimum absolute atomic E-state index is 0.0441. The number of aryl methyl sites for hydroxylation is 2. The van der Waals surface area contributed by atoms with Crippen LogP contribution in [0.25, 0.3) is 0 Å². The van der Waals surface area contributed by atoms with Crippen LogP contribution in [0.15, 0.2) is 47.4 Å². The maximum absolute atomic E-state index is 13.2. The number of benzene rings is 2. The highest BCUT2D eigenvalue weighted by Gasteiger charge is 2.33. The molecule has 1 aliphatic heterocycles. The fourth-order valence-electron chi connectivity index (χ4n) is 3.76. The maximum atomic E-state index is 13.2. The Balaban J connectivity index is 1.57. The molecule has 9 heteroatoms. The van der Waals surface area contributed by atoms with Crippen LogP contribution in [0.1, 0.15) is 36.8 Å². The Hall–Kier alpha value is -2.78. The number of carbonyl (C=O) groups is 2. The Labute approximate surface area is 188 Å². The van der Waals surface area contributed by atoms with E-state index >= 15 is 0 Å². The molecule has 2 amide bonds. The van der Waals surface area contributed by atoms with Gasteiger partial charge in [-0.3, -0.25) is 9.59 Å². The molecule has 0 radical (unpaired) electrons. The van der Waals surface area contributed by atoms with E-state index < -0.39 is 27.7 Å². The lowest BCUT2D eigenvalue weighted by Gasteiger charge is -2.34. The zero-order valence-electron chi connectivity index (χ0n) is 18.2. The summed E-state index contributed by atoms with van der Waals surface area (Å²) in [6.45, 7) is 4.41. The van der Waals surface area contributed by atoms with Crippen LogP contribution in [0.5, 0.6) is 0 Å². The van der Waals surface area contributed by atoms with Crippen LogP contribution >= 0.6 is 0 Å². The molecular weight excluding hydrogens is 433 g/mol. The van der Waals surface area contributed by atoms with Gasteiger partial charge in [0.25, 0.3) is 0 Å². The summed E-state index contributed by atoms with van der Waals surface area (Å²) >= 11 is 0. The third-order valence-electron chi connectivity index (χ3n) is 5.73. The molecule has 1 saturated heterocycles. The predicted octanol–water partition coefficient (Wildman–Crippen LogP) is 3.13. The van der Waals surface area contributed by atoms with Crippen LogP contribution in [-0.2, 0) is 19.6 Å². The standard InChI is InChI=1S/C23H28FN3O4S/c1-16-6-9-19(15-17(16)2)26-23(29)22(28)25-13-12-20-5-3-4-14-27(20)32(30,31)21-10-7-18(24)8-11-21/h6-11,15,20H,3-5,12-14H2,1-2H3,(H,25,28)(H,26,29). The molecule has 172 valence electrons. The number of nitrogens with zero attached hydrogens (tertiary/aromatic N) is 1. The van der Waals surface area contributed by atoms with Crippen LogP contribution < -0.4 is 10.6 Å². The number of halogens is 1.